The molecule has 0 N–H and O–H groups in total. The molecule has 1 aromatic rings. The molecule has 7 heteroatoms. The Kier molecular flexibility index (Phi) is 7.65. The Bertz CT molecular complexity index is 712. The quantitative estimate of drug-likeness (QED) is 0.627. The van der Waals surface area contributed by atoms with Crippen LogP contribution in [-0.2, 0) is 16.0 Å². The number of carbonyl (C=O) groups excluding carboxylic acids is 1. The highest BCUT2D eigenvalue weighted by molar-refractivity contribution is 5.95. The Morgan fingerprint density at radius 3 is 2.79 bits per heavy atom. The summed E-state index contributed by atoms with van der Waals surface area (Å²) in [6.07, 6.45) is 3.75. The minimum Gasteiger partial charge on any atom is -0.381 e. The van der Waals surface area contributed by atoms with Gasteiger partial charge in [0.25, 0.3) is 11.5 Å². The molecule has 0 saturated carbocycles. The predicted octanol–water partition coefficient (Wildman–Crippen LogP) is 1.38. The van der Waals surface area contributed by atoms with Crippen molar-refractivity contribution in [2.75, 3.05) is 59.2 Å². The SMILES string of the molecule is CCCOCC1CCN(C(=O)c2c(C)ccn(CCN3CCOCC3)c2=O)C1. The van der Waals surface area contributed by atoms with Gasteiger partial charge in [0, 0.05) is 58.0 Å². The third-order valence-electron chi connectivity index (χ3n) is 5.62. The average Bonchev–Trinajstić information content (AvgIpc) is 3.17. The van der Waals surface area contributed by atoms with E-state index < -0.39 is 0 Å². The lowest BCUT2D eigenvalue weighted by molar-refractivity contribution is 0.0362. The summed E-state index contributed by atoms with van der Waals surface area (Å²) in [5.41, 5.74) is 0.895. The summed E-state index contributed by atoms with van der Waals surface area (Å²) in [6.45, 7) is 11.4. The Balaban J connectivity index is 1.64. The molecule has 0 spiro atoms. The number of pyridine rings is 1. The fourth-order valence-corrected chi connectivity index (χ4v) is 3.88. The lowest BCUT2D eigenvalue weighted by atomic mass is 10.1. The van der Waals surface area contributed by atoms with Crippen molar-refractivity contribution < 1.29 is 14.3 Å². The number of likely N-dealkylation sites (tertiary alicyclic amines) is 1. The second kappa shape index (κ2) is 10.2. The second-order valence-corrected chi connectivity index (χ2v) is 7.81. The lowest BCUT2D eigenvalue weighted by Gasteiger charge is -2.26. The van der Waals surface area contributed by atoms with Crippen LogP contribution in [0.2, 0.25) is 0 Å². The first kappa shape index (κ1) is 21.0. The van der Waals surface area contributed by atoms with Crippen LogP contribution in [0.3, 0.4) is 0 Å². The molecule has 1 unspecified atom stereocenters. The van der Waals surface area contributed by atoms with Crippen LogP contribution in [-0.4, -0.2) is 79.4 Å². The van der Waals surface area contributed by atoms with E-state index in [-0.39, 0.29) is 11.5 Å². The van der Waals surface area contributed by atoms with Crippen LogP contribution in [0, 0.1) is 12.8 Å². The monoisotopic (exact) mass is 391 g/mol. The number of nitrogens with zero attached hydrogens (tertiary/aromatic N) is 3. The summed E-state index contributed by atoms with van der Waals surface area (Å²) >= 11 is 0. The van der Waals surface area contributed by atoms with Gasteiger partial charge in [-0.2, -0.15) is 0 Å². The molecule has 156 valence electrons. The van der Waals surface area contributed by atoms with Crippen LogP contribution in [0.4, 0.5) is 0 Å². The number of aryl methyl sites for hydroxylation is 1. The van der Waals surface area contributed by atoms with Crippen molar-refractivity contribution in [1.29, 1.82) is 0 Å². The molecule has 1 aromatic heterocycles. The summed E-state index contributed by atoms with van der Waals surface area (Å²) in [5, 5.41) is 0. The van der Waals surface area contributed by atoms with Crippen molar-refractivity contribution in [3.8, 4) is 0 Å². The van der Waals surface area contributed by atoms with Crippen molar-refractivity contribution in [1.82, 2.24) is 14.4 Å². The second-order valence-electron chi connectivity index (χ2n) is 7.81. The van der Waals surface area contributed by atoms with E-state index in [1.807, 2.05) is 17.9 Å². The first-order valence-corrected chi connectivity index (χ1v) is 10.5. The maximum absolute atomic E-state index is 13.1. The number of rotatable bonds is 8. The Hall–Kier alpha value is -1.70. The Labute approximate surface area is 167 Å². The molecule has 2 aliphatic heterocycles. The molecule has 3 heterocycles. The van der Waals surface area contributed by atoms with Gasteiger partial charge < -0.3 is 18.9 Å². The highest BCUT2D eigenvalue weighted by Gasteiger charge is 2.29. The van der Waals surface area contributed by atoms with E-state index in [1.54, 1.807) is 10.8 Å². The molecule has 28 heavy (non-hydrogen) atoms. The molecule has 0 aromatic carbocycles. The molecule has 3 rings (SSSR count). The van der Waals surface area contributed by atoms with Crippen LogP contribution in [0.5, 0.6) is 0 Å². The van der Waals surface area contributed by atoms with E-state index in [2.05, 4.69) is 11.8 Å². The fraction of sp³-hybridized carbons (Fsp3) is 0.714. The smallest absolute Gasteiger partial charge is 0.263 e. The Morgan fingerprint density at radius 2 is 2.04 bits per heavy atom. The van der Waals surface area contributed by atoms with Gasteiger partial charge in [-0.1, -0.05) is 6.92 Å². The standard InChI is InChI=1S/C21H33N3O4/c1-3-12-28-16-18-5-7-24(15-18)21(26)19-17(2)4-6-23(20(19)25)9-8-22-10-13-27-14-11-22/h4,6,18H,3,5,7-16H2,1-2H3. The van der Waals surface area contributed by atoms with Crippen molar-refractivity contribution in [3.05, 3.63) is 33.7 Å². The van der Waals surface area contributed by atoms with E-state index in [4.69, 9.17) is 9.47 Å². The van der Waals surface area contributed by atoms with Crippen molar-refractivity contribution in [3.63, 3.8) is 0 Å². The number of amides is 1. The lowest BCUT2D eigenvalue weighted by Crippen LogP contribution is -2.40. The van der Waals surface area contributed by atoms with Crippen LogP contribution < -0.4 is 5.56 Å². The van der Waals surface area contributed by atoms with Gasteiger partial charge in [0.15, 0.2) is 0 Å². The van der Waals surface area contributed by atoms with Gasteiger partial charge in [0.05, 0.1) is 19.8 Å². The number of hydrogen-bond donors (Lipinski definition) is 0. The Morgan fingerprint density at radius 1 is 1.25 bits per heavy atom. The molecule has 2 aliphatic rings. The van der Waals surface area contributed by atoms with Gasteiger partial charge in [-0.3, -0.25) is 14.5 Å². The molecule has 2 fully saturated rings. The van der Waals surface area contributed by atoms with Gasteiger partial charge in [0.1, 0.15) is 5.56 Å². The highest BCUT2D eigenvalue weighted by Crippen LogP contribution is 2.19. The van der Waals surface area contributed by atoms with E-state index >= 15 is 0 Å². The molecule has 1 amide bonds. The minimum absolute atomic E-state index is 0.138. The molecule has 2 saturated heterocycles. The summed E-state index contributed by atoms with van der Waals surface area (Å²) in [7, 11) is 0. The van der Waals surface area contributed by atoms with Crippen LogP contribution in [0.25, 0.3) is 0 Å². The highest BCUT2D eigenvalue weighted by atomic mass is 16.5. The van der Waals surface area contributed by atoms with Crippen LogP contribution in [0.1, 0.15) is 35.7 Å². The molecule has 0 radical (unpaired) electrons. The summed E-state index contributed by atoms with van der Waals surface area (Å²) in [6, 6.07) is 1.88. The van der Waals surface area contributed by atoms with Crippen LogP contribution >= 0.6 is 0 Å². The number of ether oxygens (including phenoxy) is 2. The molecule has 1 atom stereocenters. The molecular weight excluding hydrogens is 358 g/mol. The average molecular weight is 392 g/mol. The topological polar surface area (TPSA) is 64.0 Å². The van der Waals surface area contributed by atoms with Crippen molar-refractivity contribution >= 4 is 5.91 Å². The molecule has 0 aliphatic carbocycles. The first-order chi connectivity index (χ1) is 13.6. The van der Waals surface area contributed by atoms with Crippen molar-refractivity contribution in [2.24, 2.45) is 5.92 Å². The third-order valence-corrected chi connectivity index (χ3v) is 5.62. The van der Waals surface area contributed by atoms with Crippen LogP contribution in [0.15, 0.2) is 17.1 Å². The third kappa shape index (κ3) is 5.21. The number of carbonyl (C=O) groups is 1. The van der Waals surface area contributed by atoms with E-state index in [9.17, 15) is 9.59 Å². The number of morpholine rings is 1. The predicted molar refractivity (Wildman–Crippen MR) is 108 cm³/mol. The zero-order valence-corrected chi connectivity index (χ0v) is 17.2. The normalized spacial score (nSPS) is 20.6. The summed E-state index contributed by atoms with van der Waals surface area (Å²) in [4.78, 5) is 30.2. The summed E-state index contributed by atoms with van der Waals surface area (Å²) in [5.74, 6) is 0.226. The fourth-order valence-electron chi connectivity index (χ4n) is 3.88. The number of hydrogen-bond acceptors (Lipinski definition) is 5. The minimum atomic E-state index is -0.177. The van der Waals surface area contributed by atoms with Gasteiger partial charge in [-0.25, -0.2) is 0 Å². The molecular formula is C21H33N3O4. The maximum Gasteiger partial charge on any atom is 0.263 e. The summed E-state index contributed by atoms with van der Waals surface area (Å²) < 4.78 is 12.7. The van der Waals surface area contributed by atoms with E-state index in [0.717, 1.165) is 57.9 Å². The zero-order valence-electron chi connectivity index (χ0n) is 17.2. The van der Waals surface area contributed by atoms with Gasteiger partial charge in [0.2, 0.25) is 0 Å². The first-order valence-electron chi connectivity index (χ1n) is 10.5. The number of aromatic nitrogens is 1. The zero-order chi connectivity index (χ0) is 19.9. The van der Waals surface area contributed by atoms with E-state index in [1.165, 1.54) is 0 Å². The molecule has 0 bridgehead atoms. The van der Waals surface area contributed by atoms with Gasteiger partial charge in [-0.05, 0) is 31.4 Å². The van der Waals surface area contributed by atoms with Crippen molar-refractivity contribution in [2.45, 2.75) is 33.2 Å². The van der Waals surface area contributed by atoms with Gasteiger partial charge >= 0.3 is 0 Å². The van der Waals surface area contributed by atoms with Gasteiger partial charge in [-0.15, -0.1) is 0 Å². The molecule has 7 nitrogen and oxygen atoms in total. The van der Waals surface area contributed by atoms with E-state index in [0.29, 0.717) is 37.7 Å². The maximum atomic E-state index is 13.1. The largest absolute Gasteiger partial charge is 0.381 e.